The molecule has 0 saturated carbocycles. The molecule has 88 heavy (non-hydrogen) atoms. The van der Waals surface area contributed by atoms with Crippen molar-refractivity contribution < 1.29 is 8.83 Å². The Hall–Kier alpha value is -12.1. The summed E-state index contributed by atoms with van der Waals surface area (Å²) in [6.07, 6.45) is 0. The van der Waals surface area contributed by atoms with Crippen LogP contribution in [0.5, 0.6) is 0 Å². The van der Waals surface area contributed by atoms with E-state index >= 15 is 0 Å². The fourth-order valence-electron chi connectivity index (χ4n) is 13.1. The zero-order valence-electron chi connectivity index (χ0n) is 47.0. The lowest BCUT2D eigenvalue weighted by molar-refractivity contribution is 0.669. The van der Waals surface area contributed by atoms with Gasteiger partial charge < -0.3 is 13.4 Å². The van der Waals surface area contributed by atoms with Gasteiger partial charge in [0.05, 0.1) is 22.1 Å². The summed E-state index contributed by atoms with van der Waals surface area (Å²) in [5.41, 5.74) is 17.0. The molecule has 0 aliphatic carbocycles. The summed E-state index contributed by atoms with van der Waals surface area (Å²) < 4.78 is 17.8. The van der Waals surface area contributed by atoms with E-state index in [9.17, 15) is 0 Å². The number of hydrogen-bond acceptors (Lipinski definition) is 8. The Bertz CT molecular complexity index is 5810. The molecular formula is C78H46N8O2. The first-order valence-corrected chi connectivity index (χ1v) is 29.3. The molecule has 12 aromatic carbocycles. The third kappa shape index (κ3) is 7.89. The van der Waals surface area contributed by atoms with Crippen LogP contribution in [0.3, 0.4) is 0 Å². The molecule has 0 aliphatic rings. The van der Waals surface area contributed by atoms with Crippen molar-refractivity contribution in [2.75, 3.05) is 0 Å². The van der Waals surface area contributed by atoms with Crippen molar-refractivity contribution in [2.45, 2.75) is 0 Å². The lowest BCUT2D eigenvalue weighted by Gasteiger charge is -2.13. The topological polar surface area (TPSA) is 113 Å². The van der Waals surface area contributed by atoms with Crippen LogP contribution >= 0.6 is 0 Å². The Morgan fingerprint density at radius 3 is 1.34 bits per heavy atom. The second-order valence-corrected chi connectivity index (χ2v) is 22.1. The quantitative estimate of drug-likeness (QED) is 0.140. The molecule has 0 bridgehead atoms. The number of para-hydroxylation sites is 3. The van der Waals surface area contributed by atoms with E-state index < -0.39 is 0 Å². The lowest BCUT2D eigenvalue weighted by Crippen LogP contribution is -2.06. The van der Waals surface area contributed by atoms with Gasteiger partial charge in [-0.1, -0.05) is 194 Å². The Morgan fingerprint density at radius 1 is 0.227 bits per heavy atom. The molecule has 10 nitrogen and oxygen atoms in total. The highest BCUT2D eigenvalue weighted by atomic mass is 16.3. The minimum absolute atomic E-state index is 0.519. The molecule has 6 heterocycles. The van der Waals surface area contributed by atoms with Crippen LogP contribution in [0.4, 0.5) is 0 Å². The molecule has 0 unspecified atom stereocenters. The Labute approximate surface area is 502 Å². The summed E-state index contributed by atoms with van der Waals surface area (Å²) in [4.78, 5) is 31.4. The van der Waals surface area contributed by atoms with Crippen LogP contribution < -0.4 is 0 Å². The van der Waals surface area contributed by atoms with E-state index in [1.807, 2.05) is 84.9 Å². The van der Waals surface area contributed by atoms with Gasteiger partial charge in [0.25, 0.3) is 0 Å². The zero-order chi connectivity index (χ0) is 57.8. The number of aromatic nitrogens is 8. The maximum absolute atomic E-state index is 6.91. The molecular weight excluding hydrogens is 1080 g/mol. The van der Waals surface area contributed by atoms with Gasteiger partial charge >= 0.3 is 0 Å². The van der Waals surface area contributed by atoms with Gasteiger partial charge in [-0.15, -0.1) is 0 Å². The summed E-state index contributed by atoms with van der Waals surface area (Å²) in [7, 11) is 0. The van der Waals surface area contributed by atoms with Crippen molar-refractivity contribution in [3.05, 3.63) is 279 Å². The van der Waals surface area contributed by atoms with Gasteiger partial charge in [0.1, 0.15) is 22.3 Å². The van der Waals surface area contributed by atoms with E-state index in [2.05, 4.69) is 203 Å². The standard InChI is InChI=1S/C78H46N8O2/c1-4-19-47(20-5-1)51-25-18-26-53(45-51)76-80-75(49-23-8-3-9-24-49)83-78(84-76)86-62-33-16-13-30-58(62)70-64(86)42-44-67-72(70)60-40-37-52(46-68(60)88-67)55-27-10-11-28-56(55)77-81-73(48-21-6-2-7-22-48)79-74(82-77)50-35-38-54(39-36-50)85-61-32-15-12-29-57(61)69-63(85)41-43-66-71(69)59-31-14-17-34-65(59)87-66/h1-46H. The van der Waals surface area contributed by atoms with Crippen LogP contribution in [0.25, 0.3) is 178 Å². The van der Waals surface area contributed by atoms with Crippen LogP contribution in [0.15, 0.2) is 288 Å². The van der Waals surface area contributed by atoms with E-state index in [1.54, 1.807) is 0 Å². The Kier molecular flexibility index (Phi) is 11.1. The first-order chi connectivity index (χ1) is 43.6. The molecule has 18 aromatic rings. The van der Waals surface area contributed by atoms with Gasteiger partial charge in [0, 0.05) is 76.6 Å². The largest absolute Gasteiger partial charge is 0.456 e. The van der Waals surface area contributed by atoms with Gasteiger partial charge in [0.2, 0.25) is 5.95 Å². The van der Waals surface area contributed by atoms with Crippen molar-refractivity contribution >= 4 is 87.5 Å². The van der Waals surface area contributed by atoms with Gasteiger partial charge in [-0.3, -0.25) is 4.57 Å². The number of fused-ring (bicyclic) bond motifs is 14. The van der Waals surface area contributed by atoms with Crippen LogP contribution in [-0.2, 0) is 0 Å². The smallest absolute Gasteiger partial charge is 0.238 e. The van der Waals surface area contributed by atoms with E-state index in [1.165, 1.54) is 10.8 Å². The average Bonchev–Trinajstić information content (AvgIpc) is 1.82. The summed E-state index contributed by atoms with van der Waals surface area (Å²) in [5, 5.41) is 8.67. The summed E-state index contributed by atoms with van der Waals surface area (Å²) in [6.45, 7) is 0. The maximum Gasteiger partial charge on any atom is 0.238 e. The summed E-state index contributed by atoms with van der Waals surface area (Å²) in [6, 6.07) is 96.2. The van der Waals surface area contributed by atoms with Crippen molar-refractivity contribution in [1.82, 2.24) is 39.0 Å². The number of rotatable bonds is 9. The molecule has 0 saturated heterocycles. The lowest BCUT2D eigenvalue weighted by atomic mass is 9.97. The fraction of sp³-hybridized carbons (Fsp3) is 0. The fourth-order valence-corrected chi connectivity index (χ4v) is 13.1. The van der Waals surface area contributed by atoms with Crippen LogP contribution in [0.2, 0.25) is 0 Å². The molecule has 0 N–H and O–H groups in total. The molecule has 6 aromatic heterocycles. The third-order valence-electron chi connectivity index (χ3n) is 17.1. The molecule has 10 heteroatoms. The summed E-state index contributed by atoms with van der Waals surface area (Å²) in [5.74, 6) is 3.39. The molecule has 0 spiro atoms. The maximum atomic E-state index is 6.91. The van der Waals surface area contributed by atoms with Gasteiger partial charge in [-0.25, -0.2) is 19.9 Å². The first-order valence-electron chi connectivity index (χ1n) is 29.3. The normalized spacial score (nSPS) is 11.9. The van der Waals surface area contributed by atoms with Crippen molar-refractivity contribution in [1.29, 1.82) is 0 Å². The number of benzene rings is 12. The zero-order valence-corrected chi connectivity index (χ0v) is 47.0. The molecule has 0 amide bonds. The third-order valence-corrected chi connectivity index (χ3v) is 17.1. The summed E-state index contributed by atoms with van der Waals surface area (Å²) >= 11 is 0. The van der Waals surface area contributed by atoms with Crippen molar-refractivity contribution in [2.24, 2.45) is 0 Å². The van der Waals surface area contributed by atoms with E-state index in [0.29, 0.717) is 35.1 Å². The highest BCUT2D eigenvalue weighted by molar-refractivity contribution is 6.29. The predicted octanol–water partition coefficient (Wildman–Crippen LogP) is 19.7. The Balaban J connectivity index is 0.750. The molecule has 410 valence electrons. The minimum atomic E-state index is 0.519. The second-order valence-electron chi connectivity index (χ2n) is 22.1. The van der Waals surface area contributed by atoms with Crippen LogP contribution in [-0.4, -0.2) is 39.0 Å². The monoisotopic (exact) mass is 1130 g/mol. The van der Waals surface area contributed by atoms with Gasteiger partial charge in [0.15, 0.2) is 29.1 Å². The number of hydrogen-bond donors (Lipinski definition) is 0. The SMILES string of the molecule is c1ccc(-c2cccc(-c3nc(-c4ccccc4)nc(-n4c5ccccc5c5c6c(ccc54)oc4cc(-c5ccccc5-c5nc(-c7ccccc7)nc(-c7ccc(-n8c9ccccc9c9c%10c(ccc98)oc8ccccc8%10)cc7)n5)ccc46)n3)c2)cc1. The molecule has 0 aliphatic heterocycles. The average molecular weight is 1130 g/mol. The van der Waals surface area contributed by atoms with Gasteiger partial charge in [-0.05, 0) is 107 Å². The molecule has 0 fully saturated rings. The van der Waals surface area contributed by atoms with Crippen molar-refractivity contribution in [3.8, 4) is 90.8 Å². The first kappa shape index (κ1) is 49.3. The Morgan fingerprint density at radius 2 is 0.682 bits per heavy atom. The molecule has 18 rings (SSSR count). The van der Waals surface area contributed by atoms with E-state index in [4.69, 9.17) is 38.7 Å². The van der Waals surface area contributed by atoms with Crippen LogP contribution in [0, 0.1) is 0 Å². The van der Waals surface area contributed by atoms with Crippen LogP contribution in [0.1, 0.15) is 0 Å². The van der Waals surface area contributed by atoms with E-state index in [0.717, 1.165) is 132 Å². The molecule has 0 radical (unpaired) electrons. The highest BCUT2D eigenvalue weighted by Gasteiger charge is 2.24. The predicted molar refractivity (Wildman–Crippen MR) is 354 cm³/mol. The highest BCUT2D eigenvalue weighted by Crippen LogP contribution is 2.45. The second kappa shape index (κ2) is 19.7. The minimum Gasteiger partial charge on any atom is -0.456 e. The number of nitrogens with zero attached hydrogens (tertiary/aromatic N) is 8. The molecule has 0 atom stereocenters. The van der Waals surface area contributed by atoms with E-state index in [-0.39, 0.29) is 0 Å². The number of furan rings is 2. The van der Waals surface area contributed by atoms with Crippen molar-refractivity contribution in [3.63, 3.8) is 0 Å². The van der Waals surface area contributed by atoms with Gasteiger partial charge in [-0.2, -0.15) is 9.97 Å².